The zero-order chi connectivity index (χ0) is 39.9. The lowest BCUT2D eigenvalue weighted by Crippen LogP contribution is -2.60. The molecule has 5 aromatic carbocycles. The van der Waals surface area contributed by atoms with Crippen molar-refractivity contribution in [2.45, 2.75) is 55.7 Å². The minimum absolute atomic E-state index is 0.0534. The Balaban J connectivity index is 1.03. The molecule has 13 heteroatoms. The smallest absolute Gasteiger partial charge is 0.332 e. The van der Waals surface area contributed by atoms with Gasteiger partial charge in [-0.3, -0.25) is 19.2 Å². The van der Waals surface area contributed by atoms with Gasteiger partial charge >= 0.3 is 12.1 Å². The van der Waals surface area contributed by atoms with Gasteiger partial charge < -0.3 is 24.7 Å². The molecule has 10 rings (SSSR count). The summed E-state index contributed by atoms with van der Waals surface area (Å²) in [5.41, 5.74) is -0.377. The number of para-hydroxylation sites is 1. The van der Waals surface area contributed by atoms with Crippen molar-refractivity contribution in [2.24, 2.45) is 0 Å². The third-order valence-electron chi connectivity index (χ3n) is 12.7. The molecule has 13 nitrogen and oxygen atoms in total. The van der Waals surface area contributed by atoms with Crippen molar-refractivity contribution in [2.75, 3.05) is 22.9 Å². The first-order valence-corrected chi connectivity index (χ1v) is 19.3. The van der Waals surface area contributed by atoms with Gasteiger partial charge in [0.15, 0.2) is 0 Å². The Labute approximate surface area is 333 Å². The molecule has 5 aliphatic heterocycles. The fourth-order valence-electron chi connectivity index (χ4n) is 9.85. The molecule has 290 valence electrons. The van der Waals surface area contributed by atoms with Gasteiger partial charge in [0.2, 0.25) is 11.8 Å². The molecule has 2 spiro atoms. The highest BCUT2D eigenvalue weighted by Gasteiger charge is 2.71. The number of rotatable bonds is 7. The largest absolute Gasteiger partial charge is 0.392 e. The van der Waals surface area contributed by atoms with Crippen LogP contribution in [0.4, 0.5) is 21.0 Å². The molecule has 0 saturated carbocycles. The third-order valence-corrected chi connectivity index (χ3v) is 12.7. The average Bonchev–Trinajstić information content (AvgIpc) is 3.96. The maximum absolute atomic E-state index is 15.1. The maximum Gasteiger partial charge on any atom is 0.332 e. The molecular formula is C45H38N6O7. The van der Waals surface area contributed by atoms with Crippen LogP contribution in [-0.2, 0) is 38.9 Å². The zero-order valence-electron chi connectivity index (χ0n) is 31.3. The molecule has 0 bridgehead atoms. The molecule has 5 fully saturated rings. The van der Waals surface area contributed by atoms with Crippen LogP contribution >= 0.6 is 0 Å². The van der Waals surface area contributed by atoms with E-state index in [1.54, 1.807) is 66.7 Å². The zero-order valence-corrected chi connectivity index (χ0v) is 31.3. The second-order valence-electron chi connectivity index (χ2n) is 15.7. The van der Waals surface area contributed by atoms with Crippen LogP contribution in [-0.4, -0.2) is 96.6 Å². The van der Waals surface area contributed by atoms with E-state index in [9.17, 15) is 29.1 Å². The number of carbonyl (C=O) groups is 6. The number of aliphatic hydroxyl groups is 1. The molecule has 0 aliphatic carbocycles. The first kappa shape index (κ1) is 35.5. The van der Waals surface area contributed by atoms with Crippen LogP contribution in [0.25, 0.3) is 10.8 Å². The number of hydrogen-bond donors (Lipinski definition) is 1. The number of carbonyl (C=O) groups excluding carboxylic acids is 6. The Kier molecular flexibility index (Phi) is 8.03. The van der Waals surface area contributed by atoms with Crippen LogP contribution in [0.15, 0.2) is 127 Å². The van der Waals surface area contributed by atoms with E-state index in [2.05, 4.69) is 0 Å². The van der Waals surface area contributed by atoms with Crippen LogP contribution in [0.1, 0.15) is 29.5 Å². The molecule has 8 amide bonds. The van der Waals surface area contributed by atoms with Gasteiger partial charge in [-0.2, -0.15) is 0 Å². The van der Waals surface area contributed by atoms with Crippen molar-refractivity contribution in [3.05, 3.63) is 144 Å². The molecule has 5 aromatic rings. The van der Waals surface area contributed by atoms with E-state index >= 15 is 4.79 Å². The number of anilines is 2. The van der Waals surface area contributed by atoms with Crippen molar-refractivity contribution in [3.8, 4) is 0 Å². The molecule has 4 unspecified atom stereocenters. The van der Waals surface area contributed by atoms with E-state index in [-0.39, 0.29) is 45.6 Å². The Morgan fingerprint density at radius 1 is 0.534 bits per heavy atom. The summed E-state index contributed by atoms with van der Waals surface area (Å²) in [6.45, 7) is -0.714. The van der Waals surface area contributed by atoms with Gasteiger partial charge in [0.1, 0.15) is 23.2 Å². The average molecular weight is 775 g/mol. The standard InChI is InChI=1S/C45H38N6O7/c52-26-32-16-8-7-15-31(32)25-49-43(58)51(35-21-11-17-30-14-9-10-20-34(30)35)41(56)45(49)23-37-39(54)46-27-44(22-36(46)38(53)47(37)28-45)40(55)50(33-18-5-2-6-19-33)42(57)48(44)24-29-12-3-1-4-13-29/h1-21,36-37,52H,22-28H2. The topological polar surface area (TPSA) is 142 Å². The van der Waals surface area contributed by atoms with E-state index < -0.39 is 58.9 Å². The molecule has 58 heavy (non-hydrogen) atoms. The molecular weight excluding hydrogens is 737 g/mol. The first-order valence-electron chi connectivity index (χ1n) is 19.3. The van der Waals surface area contributed by atoms with Gasteiger partial charge in [0.25, 0.3) is 11.8 Å². The minimum Gasteiger partial charge on any atom is -0.392 e. The summed E-state index contributed by atoms with van der Waals surface area (Å²) < 4.78 is 0. The highest BCUT2D eigenvalue weighted by molar-refractivity contribution is 6.27. The fourth-order valence-corrected chi connectivity index (χ4v) is 9.85. The highest BCUT2D eigenvalue weighted by atomic mass is 16.3. The summed E-state index contributed by atoms with van der Waals surface area (Å²) in [6, 6.07) is 34.5. The van der Waals surface area contributed by atoms with E-state index in [4.69, 9.17) is 0 Å². The van der Waals surface area contributed by atoms with Crippen LogP contribution < -0.4 is 9.80 Å². The Morgan fingerprint density at radius 2 is 1.05 bits per heavy atom. The van der Waals surface area contributed by atoms with Crippen molar-refractivity contribution < 1.29 is 33.9 Å². The number of imide groups is 2. The number of hydrogen-bond acceptors (Lipinski definition) is 7. The normalized spacial score (nSPS) is 25.4. The second-order valence-corrected chi connectivity index (χ2v) is 15.7. The Morgan fingerprint density at radius 3 is 1.71 bits per heavy atom. The molecule has 0 radical (unpaired) electrons. The lowest BCUT2D eigenvalue weighted by molar-refractivity contribution is -0.157. The van der Waals surface area contributed by atoms with Crippen LogP contribution in [0, 0.1) is 0 Å². The lowest BCUT2D eigenvalue weighted by Gasteiger charge is -2.38. The van der Waals surface area contributed by atoms with E-state index in [0.717, 1.165) is 20.7 Å². The van der Waals surface area contributed by atoms with Crippen molar-refractivity contribution in [1.82, 2.24) is 19.6 Å². The summed E-state index contributed by atoms with van der Waals surface area (Å²) in [5.74, 6) is -1.96. The fraction of sp³-hybridized carbons (Fsp3) is 0.244. The van der Waals surface area contributed by atoms with Crippen molar-refractivity contribution in [3.63, 3.8) is 0 Å². The number of fused-ring (bicyclic) bond motifs is 3. The molecule has 5 heterocycles. The van der Waals surface area contributed by atoms with Crippen molar-refractivity contribution in [1.29, 1.82) is 0 Å². The predicted octanol–water partition coefficient (Wildman–Crippen LogP) is 4.66. The lowest BCUT2D eigenvalue weighted by atomic mass is 9.92. The minimum atomic E-state index is -1.62. The van der Waals surface area contributed by atoms with Gasteiger partial charge in [0.05, 0.1) is 31.1 Å². The molecule has 4 atom stereocenters. The highest BCUT2D eigenvalue weighted by Crippen LogP contribution is 2.49. The van der Waals surface area contributed by atoms with E-state index in [1.807, 2.05) is 60.7 Å². The van der Waals surface area contributed by atoms with Gasteiger partial charge in [-0.25, -0.2) is 19.4 Å². The number of benzene rings is 5. The summed E-state index contributed by atoms with van der Waals surface area (Å²) in [4.78, 5) is 96.5. The van der Waals surface area contributed by atoms with E-state index in [0.29, 0.717) is 27.9 Å². The Hall–Kier alpha value is -6.86. The van der Waals surface area contributed by atoms with Gasteiger partial charge in [-0.1, -0.05) is 109 Å². The summed E-state index contributed by atoms with van der Waals surface area (Å²) >= 11 is 0. The van der Waals surface area contributed by atoms with Crippen molar-refractivity contribution >= 4 is 57.8 Å². The third kappa shape index (κ3) is 4.99. The van der Waals surface area contributed by atoms with Gasteiger partial charge in [0, 0.05) is 31.3 Å². The molecule has 5 saturated heterocycles. The second kappa shape index (κ2) is 13.1. The quantitative estimate of drug-likeness (QED) is 0.237. The van der Waals surface area contributed by atoms with Gasteiger partial charge in [-0.05, 0) is 40.3 Å². The monoisotopic (exact) mass is 774 g/mol. The molecule has 5 aliphatic rings. The SMILES string of the molecule is O=C1C2CC3(CN2C(=O)C2CC4(CN12)C(=O)N(c1ccccc1)C(=O)N4Cc1ccccc1)C(=O)N(c1cccc2ccccc12)C(=O)N3Cc1ccccc1CO. The predicted molar refractivity (Wildman–Crippen MR) is 212 cm³/mol. The molecule has 0 aromatic heterocycles. The van der Waals surface area contributed by atoms with Crippen LogP contribution in [0.3, 0.4) is 0 Å². The summed E-state index contributed by atoms with van der Waals surface area (Å²) in [6.07, 6.45) is -0.297. The maximum atomic E-state index is 15.1. The number of piperazine rings is 1. The molecule has 1 N–H and O–H groups in total. The number of amides is 8. The summed E-state index contributed by atoms with van der Waals surface area (Å²) in [7, 11) is 0. The summed E-state index contributed by atoms with van der Waals surface area (Å²) in [5, 5.41) is 11.7. The van der Waals surface area contributed by atoms with Crippen LogP contribution in [0.2, 0.25) is 0 Å². The van der Waals surface area contributed by atoms with Gasteiger partial charge in [-0.15, -0.1) is 0 Å². The number of urea groups is 2. The number of nitrogens with zero attached hydrogens (tertiary/aromatic N) is 6. The number of aliphatic hydroxyl groups excluding tert-OH is 1. The first-order chi connectivity index (χ1) is 28.2. The van der Waals surface area contributed by atoms with E-state index in [1.165, 1.54) is 19.6 Å². The Bertz CT molecular complexity index is 2530. The van der Waals surface area contributed by atoms with Crippen LogP contribution in [0.5, 0.6) is 0 Å².